The van der Waals surface area contributed by atoms with Gasteiger partial charge in [0.15, 0.2) is 10.9 Å². The van der Waals surface area contributed by atoms with Crippen LogP contribution < -0.4 is 10.9 Å². The maximum Gasteiger partial charge on any atom is 0.274 e. The first kappa shape index (κ1) is 21.8. The first-order valence-electron chi connectivity index (χ1n) is 9.82. The number of hydrogen-bond acceptors (Lipinski definition) is 5. The highest BCUT2D eigenvalue weighted by Crippen LogP contribution is 2.34. The molecule has 0 bridgehead atoms. The Labute approximate surface area is 193 Å². The molecule has 1 aliphatic rings. The molecule has 0 unspecified atom stereocenters. The lowest BCUT2D eigenvalue weighted by atomic mass is 10.2. The van der Waals surface area contributed by atoms with Crippen molar-refractivity contribution < 1.29 is 9.90 Å². The molecule has 0 saturated heterocycles. The predicted molar refractivity (Wildman–Crippen MR) is 125 cm³/mol. The lowest BCUT2D eigenvalue weighted by Gasteiger charge is -2.10. The van der Waals surface area contributed by atoms with Crippen molar-refractivity contribution in [2.75, 3.05) is 5.32 Å². The van der Waals surface area contributed by atoms with Crippen molar-refractivity contribution in [3.05, 3.63) is 93.2 Å². The molecule has 2 aromatic carbocycles. The van der Waals surface area contributed by atoms with Gasteiger partial charge in [0.25, 0.3) is 11.5 Å². The van der Waals surface area contributed by atoms with Gasteiger partial charge in [-0.05, 0) is 31.0 Å². The number of nitrogens with zero attached hydrogens (tertiary/aromatic N) is 3. The van der Waals surface area contributed by atoms with Crippen LogP contribution in [0.15, 0.2) is 71.8 Å². The van der Waals surface area contributed by atoms with E-state index in [-0.39, 0.29) is 27.5 Å². The van der Waals surface area contributed by atoms with E-state index in [4.69, 9.17) is 23.2 Å². The lowest BCUT2D eigenvalue weighted by molar-refractivity contribution is 0.102. The summed E-state index contributed by atoms with van der Waals surface area (Å²) >= 11 is 11.6. The second kappa shape index (κ2) is 9.38. The number of aromatic hydroxyl groups is 1. The Morgan fingerprint density at radius 3 is 2.31 bits per heavy atom. The van der Waals surface area contributed by atoms with Crippen LogP contribution in [0, 0.1) is 0 Å². The van der Waals surface area contributed by atoms with Crippen LogP contribution >= 0.6 is 23.2 Å². The van der Waals surface area contributed by atoms with E-state index in [1.807, 2.05) is 36.4 Å². The fraction of sp³-hybridized carbons (Fsp3) is 0.130. The molecular formula is C23H18Cl2N4O3. The Kier molecular flexibility index (Phi) is 6.39. The van der Waals surface area contributed by atoms with Crippen LogP contribution in [-0.2, 0) is 0 Å². The van der Waals surface area contributed by atoms with Gasteiger partial charge in [0, 0.05) is 6.04 Å². The summed E-state index contributed by atoms with van der Waals surface area (Å²) in [6.07, 6.45) is 3.42. The van der Waals surface area contributed by atoms with Crippen molar-refractivity contribution in [3.8, 4) is 5.75 Å². The van der Waals surface area contributed by atoms with E-state index in [9.17, 15) is 14.7 Å². The topological polar surface area (TPSA) is 97.1 Å². The van der Waals surface area contributed by atoms with Crippen molar-refractivity contribution in [2.24, 2.45) is 0 Å². The molecule has 5 rings (SSSR count). The molecule has 1 amide bonds. The third kappa shape index (κ3) is 4.74. The molecule has 0 radical (unpaired) electrons. The minimum atomic E-state index is -0.609. The summed E-state index contributed by atoms with van der Waals surface area (Å²) in [6, 6.07) is 18.4. The zero-order valence-electron chi connectivity index (χ0n) is 16.7. The third-order valence-electron chi connectivity index (χ3n) is 4.80. The smallest absolute Gasteiger partial charge is 0.274 e. The Hall–Kier alpha value is -3.42. The number of nitrogens with one attached hydrogen (secondary N) is 1. The number of hydrogen-bond donors (Lipinski definition) is 2. The van der Waals surface area contributed by atoms with E-state index in [0.717, 1.165) is 12.8 Å². The molecule has 0 atom stereocenters. The summed E-state index contributed by atoms with van der Waals surface area (Å²) in [5, 5.41) is 12.2. The summed E-state index contributed by atoms with van der Waals surface area (Å²) in [6.45, 7) is 0. The molecule has 7 nitrogen and oxygen atoms in total. The summed E-state index contributed by atoms with van der Waals surface area (Å²) in [7, 11) is 0. The first-order valence-corrected chi connectivity index (χ1v) is 10.6. The van der Waals surface area contributed by atoms with Crippen LogP contribution in [0.4, 0.5) is 5.69 Å². The molecule has 2 aromatic heterocycles. The first-order chi connectivity index (χ1) is 15.5. The zero-order chi connectivity index (χ0) is 22.7. The summed E-state index contributed by atoms with van der Waals surface area (Å²) in [4.78, 5) is 33.4. The van der Waals surface area contributed by atoms with Crippen LogP contribution in [0.1, 0.15) is 29.4 Å². The van der Waals surface area contributed by atoms with Gasteiger partial charge in [-0.1, -0.05) is 65.7 Å². The van der Waals surface area contributed by atoms with E-state index in [0.29, 0.717) is 16.6 Å². The molecule has 0 spiro atoms. The second-order valence-corrected chi connectivity index (χ2v) is 7.89. The molecule has 1 aliphatic carbocycles. The minimum absolute atomic E-state index is 0.0822. The average molecular weight is 469 g/mol. The monoisotopic (exact) mass is 468 g/mol. The molecule has 32 heavy (non-hydrogen) atoms. The van der Waals surface area contributed by atoms with Crippen molar-refractivity contribution in [2.45, 2.75) is 18.9 Å². The van der Waals surface area contributed by atoms with E-state index < -0.39 is 11.7 Å². The van der Waals surface area contributed by atoms with Crippen LogP contribution in [0.5, 0.6) is 5.75 Å². The summed E-state index contributed by atoms with van der Waals surface area (Å²) in [5.74, 6) is -1.01. The zero-order valence-corrected chi connectivity index (χ0v) is 18.2. The number of pyridine rings is 1. The maximum atomic E-state index is 12.8. The van der Waals surface area contributed by atoms with Crippen LogP contribution in [0.25, 0.3) is 10.9 Å². The molecule has 9 heteroatoms. The SMILES string of the molecule is O=C(Nc1cccc2ncn(C3CC3)c(=O)c12)c1cc(Cl)c(O)c(Cl)n1.c1ccccc1. The summed E-state index contributed by atoms with van der Waals surface area (Å²) < 4.78 is 1.59. The van der Waals surface area contributed by atoms with Gasteiger partial charge in [0.05, 0.1) is 27.9 Å². The number of fused-ring (bicyclic) bond motifs is 1. The highest BCUT2D eigenvalue weighted by molar-refractivity contribution is 6.36. The quantitative estimate of drug-likeness (QED) is 0.408. The Morgan fingerprint density at radius 2 is 1.72 bits per heavy atom. The number of aromatic nitrogens is 3. The van der Waals surface area contributed by atoms with Crippen molar-refractivity contribution in [1.29, 1.82) is 0 Å². The number of anilines is 1. The van der Waals surface area contributed by atoms with Gasteiger partial charge >= 0.3 is 0 Å². The highest BCUT2D eigenvalue weighted by Gasteiger charge is 2.26. The van der Waals surface area contributed by atoms with E-state index in [1.54, 1.807) is 22.8 Å². The molecule has 1 fully saturated rings. The van der Waals surface area contributed by atoms with Crippen molar-refractivity contribution in [1.82, 2.24) is 14.5 Å². The lowest BCUT2D eigenvalue weighted by Crippen LogP contribution is -2.22. The van der Waals surface area contributed by atoms with Gasteiger partial charge in [0.1, 0.15) is 5.69 Å². The van der Waals surface area contributed by atoms with Gasteiger partial charge in [0.2, 0.25) is 0 Å². The number of benzene rings is 2. The Morgan fingerprint density at radius 1 is 1.06 bits per heavy atom. The van der Waals surface area contributed by atoms with Gasteiger partial charge in [-0.15, -0.1) is 0 Å². The number of carbonyl (C=O) groups is 1. The summed E-state index contributed by atoms with van der Waals surface area (Å²) in [5.41, 5.74) is 0.519. The standard InChI is InChI=1S/C17H12Cl2N4O3.C6H6/c18-9-6-12(21-15(19)14(9)24)16(25)22-11-3-1-2-10-13(11)17(26)23(7-20-10)8-4-5-8;1-2-4-6-5-3-1/h1-3,6-8,24H,4-5H2,(H,22,25);1-6H. The fourth-order valence-electron chi connectivity index (χ4n) is 3.06. The fourth-order valence-corrected chi connectivity index (χ4v) is 3.49. The maximum absolute atomic E-state index is 12.8. The van der Waals surface area contributed by atoms with Crippen LogP contribution in [0.3, 0.4) is 0 Å². The molecule has 0 aliphatic heterocycles. The number of carbonyl (C=O) groups excluding carboxylic acids is 1. The normalized spacial score (nSPS) is 12.7. The Bertz CT molecular complexity index is 1290. The van der Waals surface area contributed by atoms with Gasteiger partial charge < -0.3 is 10.4 Å². The molecule has 1 saturated carbocycles. The second-order valence-electron chi connectivity index (χ2n) is 7.13. The highest BCUT2D eigenvalue weighted by atomic mass is 35.5. The molecular weight excluding hydrogens is 451 g/mol. The largest absolute Gasteiger partial charge is 0.504 e. The molecule has 2 N–H and O–H groups in total. The van der Waals surface area contributed by atoms with E-state index >= 15 is 0 Å². The Balaban J connectivity index is 0.000000354. The van der Waals surface area contributed by atoms with Crippen LogP contribution in [0.2, 0.25) is 10.2 Å². The van der Waals surface area contributed by atoms with Crippen molar-refractivity contribution >= 4 is 45.7 Å². The van der Waals surface area contributed by atoms with Crippen molar-refractivity contribution in [3.63, 3.8) is 0 Å². The van der Waals surface area contributed by atoms with Gasteiger partial charge in [-0.25, -0.2) is 9.97 Å². The molecule has 4 aromatic rings. The minimum Gasteiger partial charge on any atom is -0.504 e. The van der Waals surface area contributed by atoms with Crippen LogP contribution in [-0.4, -0.2) is 25.5 Å². The number of rotatable bonds is 3. The van der Waals surface area contributed by atoms with E-state index in [1.165, 1.54) is 12.4 Å². The average Bonchev–Trinajstić information content (AvgIpc) is 3.64. The van der Waals surface area contributed by atoms with Gasteiger partial charge in [-0.3, -0.25) is 14.2 Å². The van der Waals surface area contributed by atoms with E-state index in [2.05, 4.69) is 15.3 Å². The number of halogens is 2. The molecule has 2 heterocycles. The van der Waals surface area contributed by atoms with Gasteiger partial charge in [-0.2, -0.15) is 0 Å². The number of amides is 1. The predicted octanol–water partition coefficient (Wildman–Crippen LogP) is 5.08. The third-order valence-corrected chi connectivity index (χ3v) is 5.36. The molecule has 162 valence electrons.